The highest BCUT2D eigenvalue weighted by Gasteiger charge is 2.29. The molecule has 118 valence electrons. The number of carbonyl (C=O) groups excluding carboxylic acids is 3. The second-order valence-corrected chi connectivity index (χ2v) is 5.99. The molecule has 3 amide bonds. The lowest BCUT2D eigenvalue weighted by Crippen LogP contribution is -2.33. The Balaban J connectivity index is 2.08. The molecule has 7 heteroatoms. The first kappa shape index (κ1) is 16.5. The Kier molecular flexibility index (Phi) is 5.57. The zero-order chi connectivity index (χ0) is 16.1. The summed E-state index contributed by atoms with van der Waals surface area (Å²) in [5, 5.41) is 2.77. The number of hydrogen-bond acceptors (Lipinski definition) is 5. The van der Waals surface area contributed by atoms with Crippen LogP contribution in [0.4, 0.5) is 4.79 Å². The van der Waals surface area contributed by atoms with E-state index in [-0.39, 0.29) is 29.4 Å². The maximum absolute atomic E-state index is 12.3. The van der Waals surface area contributed by atoms with Gasteiger partial charge in [-0.1, -0.05) is 23.9 Å². The predicted octanol–water partition coefficient (Wildman–Crippen LogP) is 1.17. The summed E-state index contributed by atoms with van der Waals surface area (Å²) in [4.78, 5) is 38.4. The summed E-state index contributed by atoms with van der Waals surface area (Å²) in [7, 11) is 3.58. The Morgan fingerprint density at radius 2 is 2.18 bits per heavy atom. The van der Waals surface area contributed by atoms with E-state index in [0.29, 0.717) is 12.1 Å². The van der Waals surface area contributed by atoms with Crippen LogP contribution in [0.25, 0.3) is 0 Å². The van der Waals surface area contributed by atoms with Gasteiger partial charge in [0, 0.05) is 25.7 Å². The minimum Gasteiger partial charge on any atom is -0.340 e. The molecule has 0 aliphatic carbocycles. The Morgan fingerprint density at radius 3 is 2.82 bits per heavy atom. The molecule has 1 fully saturated rings. The smallest absolute Gasteiger partial charge is 0.289 e. The fourth-order valence-electron chi connectivity index (χ4n) is 2.12. The lowest BCUT2D eigenvalue weighted by molar-refractivity contribution is -0.125. The number of nitrogens with one attached hydrogen (secondary N) is 1. The van der Waals surface area contributed by atoms with Gasteiger partial charge in [0.2, 0.25) is 5.91 Å². The van der Waals surface area contributed by atoms with Crippen LogP contribution in [0.5, 0.6) is 0 Å². The van der Waals surface area contributed by atoms with Gasteiger partial charge in [-0.15, -0.1) is 0 Å². The summed E-state index contributed by atoms with van der Waals surface area (Å²) < 4.78 is 0. The molecule has 0 spiro atoms. The molecule has 0 bridgehead atoms. The fraction of sp³-hybridized carbons (Fsp3) is 0.400. The Morgan fingerprint density at radius 1 is 1.41 bits per heavy atom. The third-order valence-corrected chi connectivity index (χ3v) is 4.26. The van der Waals surface area contributed by atoms with Crippen molar-refractivity contribution in [3.8, 4) is 0 Å². The highest BCUT2D eigenvalue weighted by atomic mass is 32.2. The number of rotatable bonds is 6. The van der Waals surface area contributed by atoms with Gasteiger partial charge in [-0.05, 0) is 24.7 Å². The highest BCUT2D eigenvalue weighted by molar-refractivity contribution is 8.14. The summed E-state index contributed by atoms with van der Waals surface area (Å²) in [6.45, 7) is 1.54. The van der Waals surface area contributed by atoms with Crippen LogP contribution in [0.1, 0.15) is 15.9 Å². The second kappa shape index (κ2) is 7.42. The lowest BCUT2D eigenvalue weighted by Gasteiger charge is -2.18. The maximum Gasteiger partial charge on any atom is 0.289 e. The quantitative estimate of drug-likeness (QED) is 0.852. The largest absolute Gasteiger partial charge is 0.340 e. The molecule has 0 radical (unpaired) electrons. The van der Waals surface area contributed by atoms with Crippen LogP contribution in [0.2, 0.25) is 0 Å². The number of imide groups is 1. The minimum atomic E-state index is -0.229. The van der Waals surface area contributed by atoms with E-state index in [4.69, 9.17) is 0 Å². The summed E-state index contributed by atoms with van der Waals surface area (Å²) >= 11 is 1.01. The zero-order valence-electron chi connectivity index (χ0n) is 12.7. The van der Waals surface area contributed by atoms with Crippen molar-refractivity contribution < 1.29 is 14.4 Å². The van der Waals surface area contributed by atoms with Crippen molar-refractivity contribution in [2.75, 3.05) is 32.9 Å². The number of hydrogen-bond donors (Lipinski definition) is 1. The maximum atomic E-state index is 12.3. The first-order valence-electron chi connectivity index (χ1n) is 6.99. The van der Waals surface area contributed by atoms with Gasteiger partial charge in [-0.3, -0.25) is 19.3 Å². The average Bonchev–Trinajstić information content (AvgIpc) is 2.84. The molecule has 1 N–H and O–H groups in total. The zero-order valence-corrected chi connectivity index (χ0v) is 13.5. The normalized spacial score (nSPS) is 14.5. The number of thioether (sulfide) groups is 1. The fourth-order valence-corrected chi connectivity index (χ4v) is 2.85. The SMILES string of the molecule is CNCCN(C)C(=O)c1cccc(CN2C(=O)CSC2=O)c1. The third-order valence-electron chi connectivity index (χ3n) is 3.40. The van der Waals surface area contributed by atoms with Crippen molar-refractivity contribution in [3.63, 3.8) is 0 Å². The number of benzene rings is 1. The Labute approximate surface area is 133 Å². The van der Waals surface area contributed by atoms with Crippen LogP contribution in [-0.4, -0.2) is 59.8 Å². The van der Waals surface area contributed by atoms with Gasteiger partial charge in [0.05, 0.1) is 12.3 Å². The Hall–Kier alpha value is -1.86. The van der Waals surface area contributed by atoms with E-state index in [1.807, 2.05) is 13.1 Å². The third kappa shape index (κ3) is 3.86. The molecular weight excluding hydrogens is 302 g/mol. The summed E-state index contributed by atoms with van der Waals surface area (Å²) in [5.74, 6) is -0.0621. The molecule has 0 unspecified atom stereocenters. The predicted molar refractivity (Wildman–Crippen MR) is 85.7 cm³/mol. The molecule has 1 heterocycles. The molecule has 1 saturated heterocycles. The van der Waals surface area contributed by atoms with Crippen LogP contribution in [0, 0.1) is 0 Å². The first-order chi connectivity index (χ1) is 10.5. The molecule has 1 aromatic carbocycles. The second-order valence-electron chi connectivity index (χ2n) is 5.07. The van der Waals surface area contributed by atoms with Crippen LogP contribution < -0.4 is 5.32 Å². The van der Waals surface area contributed by atoms with Gasteiger partial charge in [0.15, 0.2) is 0 Å². The monoisotopic (exact) mass is 321 g/mol. The van der Waals surface area contributed by atoms with E-state index in [2.05, 4.69) is 5.32 Å². The molecule has 0 atom stereocenters. The van der Waals surface area contributed by atoms with E-state index >= 15 is 0 Å². The molecule has 6 nitrogen and oxygen atoms in total. The van der Waals surface area contributed by atoms with Crippen molar-refractivity contribution in [1.82, 2.24) is 15.1 Å². The summed E-state index contributed by atoms with van der Waals surface area (Å²) in [6, 6.07) is 7.06. The van der Waals surface area contributed by atoms with Crippen LogP contribution in [0.15, 0.2) is 24.3 Å². The first-order valence-corrected chi connectivity index (χ1v) is 7.97. The lowest BCUT2D eigenvalue weighted by atomic mass is 10.1. The van der Waals surface area contributed by atoms with Crippen molar-refractivity contribution in [2.45, 2.75) is 6.54 Å². The topological polar surface area (TPSA) is 69.7 Å². The molecule has 2 rings (SSSR count). The van der Waals surface area contributed by atoms with E-state index in [0.717, 1.165) is 23.9 Å². The average molecular weight is 321 g/mol. The van der Waals surface area contributed by atoms with E-state index in [9.17, 15) is 14.4 Å². The van der Waals surface area contributed by atoms with Gasteiger partial charge in [-0.2, -0.15) is 0 Å². The molecule has 0 aromatic heterocycles. The van der Waals surface area contributed by atoms with E-state index < -0.39 is 0 Å². The van der Waals surface area contributed by atoms with E-state index in [1.54, 1.807) is 30.1 Å². The van der Waals surface area contributed by atoms with E-state index in [1.165, 1.54) is 4.90 Å². The molecule has 1 aromatic rings. The number of carbonyl (C=O) groups is 3. The number of likely N-dealkylation sites (N-methyl/N-ethyl adjacent to an activating group) is 2. The van der Waals surface area contributed by atoms with Gasteiger partial charge in [0.1, 0.15) is 0 Å². The van der Waals surface area contributed by atoms with Gasteiger partial charge >= 0.3 is 0 Å². The molecule has 22 heavy (non-hydrogen) atoms. The van der Waals surface area contributed by atoms with Crippen molar-refractivity contribution >= 4 is 28.8 Å². The van der Waals surface area contributed by atoms with Crippen LogP contribution in [0.3, 0.4) is 0 Å². The van der Waals surface area contributed by atoms with Gasteiger partial charge in [-0.25, -0.2) is 0 Å². The molecule has 1 aliphatic rings. The van der Waals surface area contributed by atoms with Gasteiger partial charge < -0.3 is 10.2 Å². The highest BCUT2D eigenvalue weighted by Crippen LogP contribution is 2.21. The van der Waals surface area contributed by atoms with Crippen molar-refractivity contribution in [2.24, 2.45) is 0 Å². The molecular formula is C15H19N3O3S. The summed E-state index contributed by atoms with van der Waals surface area (Å²) in [5.41, 5.74) is 1.33. The minimum absolute atomic E-state index is 0.0782. The van der Waals surface area contributed by atoms with Crippen molar-refractivity contribution in [3.05, 3.63) is 35.4 Å². The van der Waals surface area contributed by atoms with Crippen LogP contribution in [-0.2, 0) is 11.3 Å². The number of nitrogens with zero attached hydrogens (tertiary/aromatic N) is 2. The standard InChI is InChI=1S/C15H19N3O3S/c1-16-6-7-17(2)14(20)12-5-3-4-11(8-12)9-18-13(19)10-22-15(18)21/h3-5,8,16H,6-7,9-10H2,1-2H3. The van der Waals surface area contributed by atoms with Crippen LogP contribution >= 0.6 is 11.8 Å². The van der Waals surface area contributed by atoms with Gasteiger partial charge in [0.25, 0.3) is 11.1 Å². The Bertz CT molecular complexity index is 575. The number of amides is 3. The summed E-state index contributed by atoms with van der Waals surface area (Å²) in [6.07, 6.45) is 0. The van der Waals surface area contributed by atoms with Crippen molar-refractivity contribution in [1.29, 1.82) is 0 Å². The molecule has 0 saturated carbocycles. The molecule has 1 aliphatic heterocycles.